The largest absolute Gasteiger partial charge is 0.384 e. The van der Waals surface area contributed by atoms with Gasteiger partial charge >= 0.3 is 0 Å². The molecule has 28 heavy (non-hydrogen) atoms. The lowest BCUT2D eigenvalue weighted by molar-refractivity contribution is 0.0941. The van der Waals surface area contributed by atoms with Crippen molar-refractivity contribution in [3.05, 3.63) is 59.7 Å². The van der Waals surface area contributed by atoms with E-state index in [2.05, 4.69) is 5.32 Å². The summed E-state index contributed by atoms with van der Waals surface area (Å²) in [4.78, 5) is 22.5. The van der Waals surface area contributed by atoms with Gasteiger partial charge in [-0.1, -0.05) is 36.8 Å². The van der Waals surface area contributed by atoms with Gasteiger partial charge in [0.05, 0.1) is 11.0 Å². The number of nitrogens with zero attached hydrogens (tertiary/aromatic N) is 3. The van der Waals surface area contributed by atoms with Gasteiger partial charge in [-0.3, -0.25) is 9.36 Å². The van der Waals surface area contributed by atoms with Crippen molar-refractivity contribution in [2.45, 2.75) is 33.2 Å². The van der Waals surface area contributed by atoms with Gasteiger partial charge in [0.1, 0.15) is 16.9 Å². The number of hydrogen-bond acceptors (Lipinski definition) is 4. The Hall–Kier alpha value is -3.41. The molecule has 0 aliphatic carbocycles. The first-order valence-electron chi connectivity index (χ1n) is 9.44. The molecule has 0 aliphatic rings. The molecule has 0 aliphatic heterocycles. The molecule has 0 radical (unpaired) electrons. The maximum atomic E-state index is 13.0. The van der Waals surface area contributed by atoms with E-state index in [4.69, 9.17) is 15.7 Å². The Kier molecular flexibility index (Phi) is 4.47. The first kappa shape index (κ1) is 18.0. The highest BCUT2D eigenvalue weighted by Crippen LogP contribution is 2.31. The summed E-state index contributed by atoms with van der Waals surface area (Å²) < 4.78 is 1.81. The molecule has 2 aromatic heterocycles. The molecule has 0 saturated carbocycles. The van der Waals surface area contributed by atoms with Crippen LogP contribution in [0.5, 0.6) is 0 Å². The summed E-state index contributed by atoms with van der Waals surface area (Å²) in [6, 6.07) is 15.6. The average Bonchev–Trinajstić information content (AvgIpc) is 2.97. The van der Waals surface area contributed by atoms with E-state index in [9.17, 15) is 4.79 Å². The predicted octanol–water partition coefficient (Wildman–Crippen LogP) is 3.99. The van der Waals surface area contributed by atoms with Crippen LogP contribution in [0.4, 0.5) is 5.82 Å². The van der Waals surface area contributed by atoms with E-state index in [-0.39, 0.29) is 11.9 Å². The zero-order valence-electron chi connectivity index (χ0n) is 16.2. The van der Waals surface area contributed by atoms with Crippen LogP contribution in [-0.2, 0) is 0 Å². The molecule has 1 amide bonds. The normalized spacial score (nSPS) is 12.4. The molecular formula is C22H23N5O. The lowest BCUT2D eigenvalue weighted by Gasteiger charge is -2.11. The molecular weight excluding hydrogens is 350 g/mol. The van der Waals surface area contributed by atoms with Crippen molar-refractivity contribution in [3.8, 4) is 5.69 Å². The summed E-state index contributed by atoms with van der Waals surface area (Å²) in [5.74, 6) is 0.113. The number of rotatable bonds is 4. The number of carbonyl (C=O) groups excluding carboxylic acids is 1. The third kappa shape index (κ3) is 2.97. The van der Waals surface area contributed by atoms with Crippen molar-refractivity contribution in [1.29, 1.82) is 0 Å². The lowest BCUT2D eigenvalue weighted by Crippen LogP contribution is -2.32. The van der Waals surface area contributed by atoms with Gasteiger partial charge in [-0.15, -0.1) is 0 Å². The zero-order valence-corrected chi connectivity index (χ0v) is 16.2. The number of nitrogens with one attached hydrogen (secondary N) is 1. The average molecular weight is 373 g/mol. The molecule has 1 unspecified atom stereocenters. The summed E-state index contributed by atoms with van der Waals surface area (Å²) >= 11 is 0. The molecule has 4 rings (SSSR count). The highest BCUT2D eigenvalue weighted by molar-refractivity contribution is 6.11. The minimum Gasteiger partial charge on any atom is -0.384 e. The minimum absolute atomic E-state index is 0.0399. The molecule has 2 aromatic carbocycles. The van der Waals surface area contributed by atoms with Gasteiger partial charge in [0.15, 0.2) is 5.65 Å². The maximum absolute atomic E-state index is 13.0. The van der Waals surface area contributed by atoms with Crippen molar-refractivity contribution in [2.75, 3.05) is 5.73 Å². The first-order chi connectivity index (χ1) is 13.5. The SMILES string of the molecule is CCC(C)NC(=O)c1c(N)n(-c2ccc(C)cc2)c2nc3ccccc3nc12. The van der Waals surface area contributed by atoms with E-state index in [1.807, 2.05) is 69.3 Å². The van der Waals surface area contributed by atoms with Crippen LogP contribution in [0.15, 0.2) is 48.5 Å². The second-order valence-electron chi connectivity index (χ2n) is 7.10. The van der Waals surface area contributed by atoms with Gasteiger partial charge in [0.2, 0.25) is 0 Å². The third-order valence-corrected chi connectivity index (χ3v) is 5.01. The van der Waals surface area contributed by atoms with Gasteiger partial charge in [0, 0.05) is 11.7 Å². The second-order valence-corrected chi connectivity index (χ2v) is 7.10. The van der Waals surface area contributed by atoms with Gasteiger partial charge in [-0.05, 0) is 44.5 Å². The molecule has 6 heteroatoms. The van der Waals surface area contributed by atoms with Crippen LogP contribution in [0.3, 0.4) is 0 Å². The second kappa shape index (κ2) is 6.96. The lowest BCUT2D eigenvalue weighted by atomic mass is 10.2. The Morgan fingerprint density at radius 2 is 1.75 bits per heavy atom. The van der Waals surface area contributed by atoms with Gasteiger partial charge < -0.3 is 11.1 Å². The van der Waals surface area contributed by atoms with E-state index < -0.39 is 0 Å². The van der Waals surface area contributed by atoms with Crippen LogP contribution in [0.2, 0.25) is 0 Å². The number of fused-ring (bicyclic) bond motifs is 2. The number of aromatic nitrogens is 3. The fraction of sp³-hybridized carbons (Fsp3) is 0.227. The summed E-state index contributed by atoms with van der Waals surface area (Å²) in [5.41, 5.74) is 11.4. The quantitative estimate of drug-likeness (QED) is 0.566. The van der Waals surface area contributed by atoms with Crippen LogP contribution in [0, 0.1) is 6.92 Å². The van der Waals surface area contributed by atoms with E-state index >= 15 is 0 Å². The van der Waals surface area contributed by atoms with E-state index in [0.29, 0.717) is 22.5 Å². The number of aryl methyl sites for hydroxylation is 1. The van der Waals surface area contributed by atoms with Crippen molar-refractivity contribution < 1.29 is 4.79 Å². The Labute approximate surface area is 163 Å². The van der Waals surface area contributed by atoms with Crippen LogP contribution in [-0.4, -0.2) is 26.5 Å². The molecule has 3 N–H and O–H groups in total. The minimum atomic E-state index is -0.229. The smallest absolute Gasteiger partial charge is 0.257 e. The topological polar surface area (TPSA) is 85.8 Å². The van der Waals surface area contributed by atoms with Crippen molar-refractivity contribution in [3.63, 3.8) is 0 Å². The molecule has 0 spiro atoms. The fourth-order valence-corrected chi connectivity index (χ4v) is 3.24. The molecule has 0 fully saturated rings. The van der Waals surface area contributed by atoms with Crippen LogP contribution in [0.1, 0.15) is 36.2 Å². The molecule has 142 valence electrons. The van der Waals surface area contributed by atoms with Crippen molar-refractivity contribution in [1.82, 2.24) is 19.9 Å². The number of nitrogens with two attached hydrogens (primary N) is 1. The molecule has 1 atom stereocenters. The summed E-state index contributed by atoms with van der Waals surface area (Å²) in [7, 11) is 0. The molecule has 2 heterocycles. The number of benzene rings is 2. The highest BCUT2D eigenvalue weighted by atomic mass is 16.1. The van der Waals surface area contributed by atoms with Crippen molar-refractivity contribution in [2.24, 2.45) is 0 Å². The van der Waals surface area contributed by atoms with Crippen LogP contribution in [0.25, 0.3) is 27.9 Å². The third-order valence-electron chi connectivity index (χ3n) is 5.01. The van der Waals surface area contributed by atoms with E-state index in [1.54, 1.807) is 4.57 Å². The summed E-state index contributed by atoms with van der Waals surface area (Å²) in [5, 5.41) is 3.00. The van der Waals surface area contributed by atoms with Gasteiger partial charge in [0.25, 0.3) is 5.91 Å². The standard InChI is InChI=1S/C22H23N5O/c1-4-14(3)24-22(28)18-19-21(26-17-8-6-5-7-16(17)25-19)27(20(18)23)15-11-9-13(2)10-12-15/h5-12,14H,4,23H2,1-3H3,(H,24,28). The van der Waals surface area contributed by atoms with Gasteiger partial charge in [-0.25, -0.2) is 9.97 Å². The van der Waals surface area contributed by atoms with Crippen LogP contribution < -0.4 is 11.1 Å². The number of hydrogen-bond donors (Lipinski definition) is 2. The monoisotopic (exact) mass is 373 g/mol. The molecule has 0 bridgehead atoms. The number of amides is 1. The molecule has 4 aromatic rings. The fourth-order valence-electron chi connectivity index (χ4n) is 3.24. The van der Waals surface area contributed by atoms with Crippen molar-refractivity contribution >= 4 is 33.9 Å². The van der Waals surface area contributed by atoms with Crippen LogP contribution >= 0.6 is 0 Å². The number of anilines is 1. The Morgan fingerprint density at radius 1 is 1.11 bits per heavy atom. The number of carbonyl (C=O) groups is 1. The zero-order chi connectivity index (χ0) is 19.8. The predicted molar refractivity (Wildman–Crippen MR) is 113 cm³/mol. The first-order valence-corrected chi connectivity index (χ1v) is 9.44. The highest BCUT2D eigenvalue weighted by Gasteiger charge is 2.25. The molecule has 0 saturated heterocycles. The summed E-state index contributed by atoms with van der Waals surface area (Å²) in [6.07, 6.45) is 0.830. The number of nitrogen functional groups attached to an aromatic ring is 1. The maximum Gasteiger partial charge on any atom is 0.257 e. The number of para-hydroxylation sites is 2. The van der Waals surface area contributed by atoms with Gasteiger partial charge in [-0.2, -0.15) is 0 Å². The Balaban J connectivity index is 2.02. The van der Waals surface area contributed by atoms with E-state index in [1.165, 1.54) is 0 Å². The Morgan fingerprint density at radius 3 is 2.39 bits per heavy atom. The summed E-state index contributed by atoms with van der Waals surface area (Å²) in [6.45, 7) is 6.02. The molecule has 6 nitrogen and oxygen atoms in total. The van der Waals surface area contributed by atoms with E-state index in [0.717, 1.165) is 28.7 Å². The Bertz CT molecular complexity index is 1180.